The lowest BCUT2D eigenvalue weighted by Gasteiger charge is -2.32. The highest BCUT2D eigenvalue weighted by molar-refractivity contribution is 7.89. The Hall–Kier alpha value is -1.93. The molecule has 0 saturated carbocycles. The van der Waals surface area contributed by atoms with Crippen molar-refractivity contribution in [1.82, 2.24) is 9.62 Å². The van der Waals surface area contributed by atoms with Crippen molar-refractivity contribution in [3.05, 3.63) is 29.8 Å². The van der Waals surface area contributed by atoms with E-state index in [1.54, 1.807) is 0 Å². The lowest BCUT2D eigenvalue weighted by molar-refractivity contribution is -0.119. The van der Waals surface area contributed by atoms with E-state index in [9.17, 15) is 18.0 Å². The van der Waals surface area contributed by atoms with E-state index < -0.39 is 16.0 Å². The molecule has 0 aliphatic carbocycles. The largest absolute Gasteiger partial charge is 0.460 e. The van der Waals surface area contributed by atoms with Gasteiger partial charge >= 0.3 is 5.97 Å². The number of carbonyl (C=O) groups excluding carboxylic acids is 2. The monoisotopic (exact) mass is 368 g/mol. The molecule has 0 aromatic heterocycles. The van der Waals surface area contributed by atoms with Gasteiger partial charge in [-0.2, -0.15) is 4.31 Å². The molecule has 1 fully saturated rings. The number of nitrogens with zero attached hydrogens (tertiary/aromatic N) is 1. The Morgan fingerprint density at radius 2 is 2.08 bits per heavy atom. The van der Waals surface area contributed by atoms with Crippen LogP contribution < -0.4 is 5.32 Å². The molecule has 7 nitrogen and oxygen atoms in total. The highest BCUT2D eigenvalue weighted by Gasteiger charge is 2.31. The lowest BCUT2D eigenvalue weighted by atomic mass is 10.1. The summed E-state index contributed by atoms with van der Waals surface area (Å²) in [7, 11) is -3.64. The Morgan fingerprint density at radius 1 is 1.32 bits per heavy atom. The summed E-state index contributed by atoms with van der Waals surface area (Å²) in [6, 6.07) is 5.83. The zero-order valence-electron chi connectivity index (χ0n) is 14.5. The molecule has 25 heavy (non-hydrogen) atoms. The summed E-state index contributed by atoms with van der Waals surface area (Å²) in [4.78, 5) is 22.9. The standard InChI is InChI=1S/C17H24N2O5S/c1-13-6-3-4-10-19(13)25(22,23)16-8-5-7-15(12-16)17(21)24-11-9-18-14(2)20/h5,7-8,12-13H,3-4,6,9-11H2,1-2H3,(H,18,20)/t13-/m0/s1. The maximum atomic E-state index is 12.8. The quantitative estimate of drug-likeness (QED) is 0.607. The lowest BCUT2D eigenvalue weighted by Crippen LogP contribution is -2.41. The first-order valence-electron chi connectivity index (χ1n) is 8.36. The predicted molar refractivity (Wildman–Crippen MR) is 92.6 cm³/mol. The van der Waals surface area contributed by atoms with Crippen LogP contribution in [0.15, 0.2) is 29.2 Å². The maximum Gasteiger partial charge on any atom is 0.338 e. The number of hydrogen-bond donors (Lipinski definition) is 1. The van der Waals surface area contributed by atoms with E-state index in [0.29, 0.717) is 6.54 Å². The fourth-order valence-corrected chi connectivity index (χ4v) is 4.55. The van der Waals surface area contributed by atoms with Crippen LogP contribution >= 0.6 is 0 Å². The Balaban J connectivity index is 2.09. The van der Waals surface area contributed by atoms with Gasteiger partial charge in [0.2, 0.25) is 15.9 Å². The van der Waals surface area contributed by atoms with Crippen molar-refractivity contribution in [3.8, 4) is 0 Å². The molecule has 1 aromatic carbocycles. The van der Waals surface area contributed by atoms with Crippen LogP contribution in [0.4, 0.5) is 0 Å². The van der Waals surface area contributed by atoms with E-state index in [0.717, 1.165) is 19.3 Å². The average molecular weight is 368 g/mol. The summed E-state index contributed by atoms with van der Waals surface area (Å²) in [6.45, 7) is 4.01. The Bertz CT molecular complexity index is 732. The smallest absolute Gasteiger partial charge is 0.338 e. The van der Waals surface area contributed by atoms with Crippen LogP contribution in [0, 0.1) is 0 Å². The summed E-state index contributed by atoms with van der Waals surface area (Å²) < 4.78 is 32.2. The average Bonchev–Trinajstić information content (AvgIpc) is 2.58. The van der Waals surface area contributed by atoms with Crippen molar-refractivity contribution in [1.29, 1.82) is 0 Å². The molecule has 0 bridgehead atoms. The van der Waals surface area contributed by atoms with Crippen LogP contribution in [-0.4, -0.2) is 50.3 Å². The fraction of sp³-hybridized carbons (Fsp3) is 0.529. The van der Waals surface area contributed by atoms with Gasteiger partial charge in [-0.25, -0.2) is 13.2 Å². The normalized spacial score (nSPS) is 18.6. The predicted octanol–water partition coefficient (Wildman–Crippen LogP) is 1.54. The van der Waals surface area contributed by atoms with Crippen LogP contribution in [0.1, 0.15) is 43.5 Å². The van der Waals surface area contributed by atoms with Gasteiger partial charge < -0.3 is 10.1 Å². The van der Waals surface area contributed by atoms with Gasteiger partial charge in [-0.15, -0.1) is 0 Å². The van der Waals surface area contributed by atoms with Crippen LogP contribution in [-0.2, 0) is 19.6 Å². The molecule has 1 amide bonds. The first kappa shape index (κ1) is 19.4. The fourth-order valence-electron chi connectivity index (χ4n) is 2.80. The van der Waals surface area contributed by atoms with Crippen molar-refractivity contribution in [2.45, 2.75) is 44.0 Å². The van der Waals surface area contributed by atoms with Crippen LogP contribution in [0.25, 0.3) is 0 Å². The molecular weight excluding hydrogens is 344 g/mol. The first-order chi connectivity index (χ1) is 11.8. The van der Waals surface area contributed by atoms with E-state index >= 15 is 0 Å². The molecule has 1 aromatic rings. The van der Waals surface area contributed by atoms with Gasteiger partial charge in [0, 0.05) is 19.5 Å². The molecule has 0 unspecified atom stereocenters. The summed E-state index contributed by atoms with van der Waals surface area (Å²) in [6.07, 6.45) is 2.70. The number of sulfonamides is 1. The molecular formula is C17H24N2O5S. The minimum Gasteiger partial charge on any atom is -0.460 e. The summed E-state index contributed by atoms with van der Waals surface area (Å²) in [5, 5.41) is 2.52. The van der Waals surface area contributed by atoms with Gasteiger partial charge in [-0.1, -0.05) is 12.5 Å². The first-order valence-corrected chi connectivity index (χ1v) is 9.80. The molecule has 1 N–H and O–H groups in total. The Morgan fingerprint density at radius 3 is 2.76 bits per heavy atom. The van der Waals surface area contributed by atoms with Crippen molar-refractivity contribution < 1.29 is 22.7 Å². The molecule has 1 aliphatic rings. The van der Waals surface area contributed by atoms with Crippen LogP contribution in [0.2, 0.25) is 0 Å². The van der Waals surface area contributed by atoms with E-state index in [1.165, 1.54) is 35.5 Å². The molecule has 1 aliphatic heterocycles. The second kappa shape index (κ2) is 8.44. The van der Waals surface area contributed by atoms with Gasteiger partial charge in [0.25, 0.3) is 0 Å². The van der Waals surface area contributed by atoms with Gasteiger partial charge in [0.1, 0.15) is 6.61 Å². The summed E-state index contributed by atoms with van der Waals surface area (Å²) in [5.74, 6) is -0.825. The molecule has 1 heterocycles. The third kappa shape index (κ3) is 5.02. The van der Waals surface area contributed by atoms with Gasteiger partial charge in [0.05, 0.1) is 17.0 Å². The van der Waals surface area contributed by atoms with E-state index in [-0.39, 0.29) is 35.6 Å². The number of carbonyl (C=O) groups is 2. The molecule has 1 saturated heterocycles. The number of rotatable bonds is 6. The zero-order chi connectivity index (χ0) is 18.4. The second-order valence-corrected chi connectivity index (χ2v) is 8.00. The number of esters is 1. The second-order valence-electron chi connectivity index (χ2n) is 6.11. The van der Waals surface area contributed by atoms with Gasteiger partial charge in [-0.3, -0.25) is 4.79 Å². The summed E-state index contributed by atoms with van der Waals surface area (Å²) >= 11 is 0. The zero-order valence-corrected chi connectivity index (χ0v) is 15.3. The van der Waals surface area contributed by atoms with Crippen LogP contribution in [0.5, 0.6) is 0 Å². The Kier molecular flexibility index (Phi) is 6.55. The SMILES string of the molecule is CC(=O)NCCOC(=O)c1cccc(S(=O)(=O)N2CCCC[C@@H]2C)c1. The topological polar surface area (TPSA) is 92.8 Å². The molecule has 0 radical (unpaired) electrons. The number of piperidine rings is 1. The van der Waals surface area contributed by atoms with Crippen molar-refractivity contribution in [2.24, 2.45) is 0 Å². The molecule has 1 atom stereocenters. The number of nitrogens with one attached hydrogen (secondary N) is 1. The Labute approximate surface area is 148 Å². The van der Waals surface area contributed by atoms with Gasteiger partial charge in [0.15, 0.2) is 0 Å². The van der Waals surface area contributed by atoms with Crippen LogP contribution in [0.3, 0.4) is 0 Å². The third-order valence-corrected chi connectivity index (χ3v) is 6.14. The van der Waals surface area contributed by atoms with Crippen molar-refractivity contribution >= 4 is 21.9 Å². The number of hydrogen-bond acceptors (Lipinski definition) is 5. The highest BCUT2D eigenvalue weighted by atomic mass is 32.2. The number of benzene rings is 1. The van der Waals surface area contributed by atoms with E-state index in [1.807, 2.05) is 6.92 Å². The van der Waals surface area contributed by atoms with Gasteiger partial charge in [-0.05, 0) is 38.0 Å². The maximum absolute atomic E-state index is 12.8. The van der Waals surface area contributed by atoms with Crippen molar-refractivity contribution in [2.75, 3.05) is 19.7 Å². The molecule has 0 spiro atoms. The number of ether oxygens (including phenoxy) is 1. The highest BCUT2D eigenvalue weighted by Crippen LogP contribution is 2.25. The van der Waals surface area contributed by atoms with E-state index in [4.69, 9.17) is 4.74 Å². The molecule has 2 rings (SSSR count). The number of amides is 1. The minimum atomic E-state index is -3.64. The third-order valence-electron chi connectivity index (χ3n) is 4.13. The van der Waals surface area contributed by atoms with Crippen molar-refractivity contribution in [3.63, 3.8) is 0 Å². The molecule has 8 heteroatoms. The van der Waals surface area contributed by atoms with E-state index in [2.05, 4.69) is 5.32 Å². The molecule has 138 valence electrons. The minimum absolute atomic E-state index is 0.0263. The summed E-state index contributed by atoms with van der Waals surface area (Å²) in [5.41, 5.74) is 0.175.